The Kier molecular flexibility index (Phi) is 7.21. The van der Waals surface area contributed by atoms with Crippen molar-refractivity contribution in [2.24, 2.45) is 4.99 Å². The molecule has 0 atom stereocenters. The third-order valence-corrected chi connectivity index (χ3v) is 4.74. The van der Waals surface area contributed by atoms with Gasteiger partial charge in [0.25, 0.3) is 0 Å². The summed E-state index contributed by atoms with van der Waals surface area (Å²) >= 11 is 0. The van der Waals surface area contributed by atoms with E-state index in [0.717, 1.165) is 60.5 Å². The first-order chi connectivity index (χ1) is 14.5. The summed E-state index contributed by atoms with van der Waals surface area (Å²) in [5.41, 5.74) is 5.38. The maximum absolute atomic E-state index is 4.68. The van der Waals surface area contributed by atoms with Gasteiger partial charge in [-0.1, -0.05) is 6.07 Å². The first-order valence-corrected chi connectivity index (χ1v) is 10.5. The summed E-state index contributed by atoms with van der Waals surface area (Å²) in [5.74, 6) is 1.64. The minimum Gasteiger partial charge on any atom is -0.357 e. The van der Waals surface area contributed by atoms with Crippen LogP contribution in [0.1, 0.15) is 41.7 Å². The zero-order valence-electron chi connectivity index (χ0n) is 18.6. The normalized spacial score (nSPS) is 11.7. The number of hydrogen-bond donors (Lipinski definition) is 2. The third-order valence-electron chi connectivity index (χ3n) is 4.74. The quantitative estimate of drug-likeness (QED) is 0.340. The molecule has 0 fully saturated rings. The van der Waals surface area contributed by atoms with Gasteiger partial charge < -0.3 is 10.6 Å². The van der Waals surface area contributed by atoms with Gasteiger partial charge in [-0.25, -0.2) is 14.7 Å². The lowest BCUT2D eigenvalue weighted by Crippen LogP contribution is -2.38. The third kappa shape index (κ3) is 5.68. The molecule has 0 aliphatic rings. The number of nitrogens with zero attached hydrogens (tertiary/aromatic N) is 6. The minimum absolute atomic E-state index is 0.567. The lowest BCUT2D eigenvalue weighted by Gasteiger charge is -2.12. The molecule has 0 aromatic carbocycles. The van der Waals surface area contributed by atoms with E-state index in [2.05, 4.69) is 61.5 Å². The monoisotopic (exact) mass is 408 g/mol. The Morgan fingerprint density at radius 1 is 1.00 bits per heavy atom. The highest BCUT2D eigenvalue weighted by molar-refractivity contribution is 5.79. The molecular formula is C22H32N8. The zero-order chi connectivity index (χ0) is 21.5. The van der Waals surface area contributed by atoms with Crippen LogP contribution in [0.3, 0.4) is 0 Å². The summed E-state index contributed by atoms with van der Waals surface area (Å²) in [7, 11) is 0. The Morgan fingerprint density at radius 2 is 1.77 bits per heavy atom. The van der Waals surface area contributed by atoms with E-state index in [4.69, 9.17) is 0 Å². The van der Waals surface area contributed by atoms with Crippen LogP contribution in [0.4, 0.5) is 0 Å². The Morgan fingerprint density at radius 3 is 2.37 bits per heavy atom. The summed E-state index contributed by atoms with van der Waals surface area (Å²) < 4.78 is 3.91. The molecule has 0 saturated heterocycles. The number of hydrogen-bond acceptors (Lipinski definition) is 4. The van der Waals surface area contributed by atoms with Crippen LogP contribution >= 0.6 is 0 Å². The molecule has 30 heavy (non-hydrogen) atoms. The molecule has 0 unspecified atom stereocenters. The Labute approximate surface area is 178 Å². The minimum atomic E-state index is 0.567. The van der Waals surface area contributed by atoms with E-state index in [1.54, 1.807) is 0 Å². The number of pyridine rings is 1. The molecule has 3 heterocycles. The van der Waals surface area contributed by atoms with Crippen LogP contribution in [0.15, 0.2) is 35.5 Å². The van der Waals surface area contributed by atoms with Crippen LogP contribution in [0, 0.1) is 27.7 Å². The van der Waals surface area contributed by atoms with Gasteiger partial charge in [0.15, 0.2) is 11.8 Å². The highest BCUT2D eigenvalue weighted by Crippen LogP contribution is 2.10. The van der Waals surface area contributed by atoms with E-state index < -0.39 is 0 Å². The first-order valence-electron chi connectivity index (χ1n) is 10.5. The van der Waals surface area contributed by atoms with E-state index in [0.29, 0.717) is 6.54 Å². The van der Waals surface area contributed by atoms with Crippen LogP contribution in [0.2, 0.25) is 0 Å². The summed E-state index contributed by atoms with van der Waals surface area (Å²) in [6.07, 6.45) is 2.84. The molecule has 0 bridgehead atoms. The number of nitrogens with one attached hydrogen (secondary N) is 2. The molecule has 0 saturated carbocycles. The predicted octanol–water partition coefficient (Wildman–Crippen LogP) is 2.84. The second-order valence-corrected chi connectivity index (χ2v) is 7.49. The molecule has 0 radical (unpaired) electrons. The zero-order valence-corrected chi connectivity index (χ0v) is 18.6. The van der Waals surface area contributed by atoms with Gasteiger partial charge in [-0.15, -0.1) is 0 Å². The van der Waals surface area contributed by atoms with Gasteiger partial charge in [-0.2, -0.15) is 10.2 Å². The Balaban J connectivity index is 1.53. The average Bonchev–Trinajstić information content (AvgIpc) is 3.23. The molecule has 3 aromatic rings. The lowest BCUT2D eigenvalue weighted by atomic mass is 10.3. The van der Waals surface area contributed by atoms with Crippen molar-refractivity contribution in [1.29, 1.82) is 0 Å². The van der Waals surface area contributed by atoms with Gasteiger partial charge >= 0.3 is 0 Å². The number of guanidine groups is 1. The SMILES string of the molecule is CCNC(=NCc1ccc(-n2nc(C)cc2C)nc1)NCCCn1nc(C)cc1C. The molecule has 160 valence electrons. The number of rotatable bonds is 8. The van der Waals surface area contributed by atoms with Crippen molar-refractivity contribution >= 4 is 5.96 Å². The predicted molar refractivity (Wildman–Crippen MR) is 120 cm³/mol. The Hall–Kier alpha value is -3.16. The smallest absolute Gasteiger partial charge is 0.191 e. The number of aliphatic imine (C=N–C) groups is 1. The molecule has 8 heteroatoms. The van der Waals surface area contributed by atoms with Gasteiger partial charge in [0.2, 0.25) is 0 Å². The van der Waals surface area contributed by atoms with Crippen molar-refractivity contribution in [2.75, 3.05) is 13.1 Å². The fourth-order valence-electron chi connectivity index (χ4n) is 3.35. The first kappa shape index (κ1) is 21.5. The lowest BCUT2D eigenvalue weighted by molar-refractivity contribution is 0.555. The van der Waals surface area contributed by atoms with E-state index in [1.165, 1.54) is 5.69 Å². The average molecular weight is 409 g/mol. The summed E-state index contributed by atoms with van der Waals surface area (Å²) in [6.45, 7) is 13.3. The maximum Gasteiger partial charge on any atom is 0.191 e. The molecule has 0 aliphatic carbocycles. The fraction of sp³-hybridized carbons (Fsp3) is 0.455. The van der Waals surface area contributed by atoms with Crippen molar-refractivity contribution in [3.05, 3.63) is 58.8 Å². The maximum atomic E-state index is 4.68. The van der Waals surface area contributed by atoms with Gasteiger partial charge in [0.05, 0.1) is 17.9 Å². The molecule has 0 aliphatic heterocycles. The number of aromatic nitrogens is 5. The van der Waals surface area contributed by atoms with Gasteiger partial charge in [-0.05, 0) is 64.8 Å². The molecule has 0 amide bonds. The van der Waals surface area contributed by atoms with Gasteiger partial charge in [0.1, 0.15) is 0 Å². The van der Waals surface area contributed by atoms with Crippen molar-refractivity contribution in [1.82, 2.24) is 35.2 Å². The molecular weight excluding hydrogens is 376 g/mol. The largest absolute Gasteiger partial charge is 0.357 e. The highest BCUT2D eigenvalue weighted by Gasteiger charge is 2.05. The van der Waals surface area contributed by atoms with E-state index in [1.807, 2.05) is 43.8 Å². The van der Waals surface area contributed by atoms with Gasteiger partial charge in [-0.3, -0.25) is 4.68 Å². The number of aryl methyl sites for hydroxylation is 5. The standard InChI is InChI=1S/C22H32N8/c1-6-23-22(24-10-7-11-29-18(4)12-16(2)27-29)26-15-20-8-9-21(25-14-20)30-19(5)13-17(3)28-30/h8-9,12-14H,6-7,10-11,15H2,1-5H3,(H2,23,24,26). The molecule has 2 N–H and O–H groups in total. The molecule has 8 nitrogen and oxygen atoms in total. The van der Waals surface area contributed by atoms with E-state index >= 15 is 0 Å². The van der Waals surface area contributed by atoms with Crippen LogP contribution in [-0.2, 0) is 13.1 Å². The fourth-order valence-corrected chi connectivity index (χ4v) is 3.35. The van der Waals surface area contributed by atoms with Crippen LogP contribution < -0.4 is 10.6 Å². The molecule has 3 aromatic heterocycles. The van der Waals surface area contributed by atoms with Crippen LogP contribution in [0.5, 0.6) is 0 Å². The van der Waals surface area contributed by atoms with Crippen LogP contribution in [-0.4, -0.2) is 43.6 Å². The van der Waals surface area contributed by atoms with E-state index in [-0.39, 0.29) is 0 Å². The Bertz CT molecular complexity index is 981. The summed E-state index contributed by atoms with van der Waals surface area (Å²) in [6, 6.07) is 8.18. The molecule has 0 spiro atoms. The summed E-state index contributed by atoms with van der Waals surface area (Å²) in [4.78, 5) is 9.23. The van der Waals surface area contributed by atoms with Crippen molar-refractivity contribution in [2.45, 2.75) is 54.1 Å². The van der Waals surface area contributed by atoms with Crippen molar-refractivity contribution in [3.63, 3.8) is 0 Å². The van der Waals surface area contributed by atoms with E-state index in [9.17, 15) is 0 Å². The highest BCUT2D eigenvalue weighted by atomic mass is 15.3. The summed E-state index contributed by atoms with van der Waals surface area (Å²) in [5, 5.41) is 15.7. The molecule has 3 rings (SSSR count). The topological polar surface area (TPSA) is 85.0 Å². The van der Waals surface area contributed by atoms with Crippen LogP contribution in [0.25, 0.3) is 5.82 Å². The van der Waals surface area contributed by atoms with Gasteiger partial charge in [0, 0.05) is 37.2 Å². The van der Waals surface area contributed by atoms with Crippen molar-refractivity contribution < 1.29 is 0 Å². The second-order valence-electron chi connectivity index (χ2n) is 7.49. The second kappa shape index (κ2) is 10.0. The van der Waals surface area contributed by atoms with Crippen molar-refractivity contribution in [3.8, 4) is 5.82 Å².